The molecular formula is C16H21ClFN3O3. The first-order valence-electron chi connectivity index (χ1n) is 7.72. The van der Waals surface area contributed by atoms with Crippen LogP contribution in [0, 0.1) is 11.7 Å². The smallest absolute Gasteiger partial charge is 0.317 e. The van der Waals surface area contributed by atoms with Crippen LogP contribution in [0.5, 0.6) is 0 Å². The number of carbonyl (C=O) groups excluding carboxylic acids is 1. The van der Waals surface area contributed by atoms with Gasteiger partial charge in [-0.25, -0.2) is 9.18 Å². The Hall–Kier alpha value is -2.02. The van der Waals surface area contributed by atoms with Crippen molar-refractivity contribution in [3.63, 3.8) is 0 Å². The van der Waals surface area contributed by atoms with Gasteiger partial charge in [-0.1, -0.05) is 18.5 Å². The number of carbonyl (C=O) groups is 2. The van der Waals surface area contributed by atoms with Crippen LogP contribution in [0.25, 0.3) is 0 Å². The molecule has 8 heteroatoms. The molecule has 1 fully saturated rings. The van der Waals surface area contributed by atoms with Crippen LogP contribution in [0.2, 0.25) is 5.02 Å². The van der Waals surface area contributed by atoms with E-state index in [-0.39, 0.29) is 23.6 Å². The molecule has 1 aromatic rings. The molecule has 2 N–H and O–H groups in total. The highest BCUT2D eigenvalue weighted by molar-refractivity contribution is 6.30. The predicted molar refractivity (Wildman–Crippen MR) is 90.0 cm³/mol. The first-order valence-corrected chi connectivity index (χ1v) is 8.10. The zero-order valence-electron chi connectivity index (χ0n) is 13.6. The number of hydrogen-bond acceptors (Lipinski definition) is 3. The van der Waals surface area contributed by atoms with Gasteiger partial charge in [-0.15, -0.1) is 0 Å². The molecule has 24 heavy (non-hydrogen) atoms. The number of carboxylic acid groups (broad SMARTS) is 1. The van der Waals surface area contributed by atoms with Crippen LogP contribution in [0.1, 0.15) is 13.3 Å². The summed E-state index contributed by atoms with van der Waals surface area (Å²) in [7, 11) is 1.57. The summed E-state index contributed by atoms with van der Waals surface area (Å²) in [6.07, 6.45) is 0.734. The van der Waals surface area contributed by atoms with Crippen molar-refractivity contribution in [2.24, 2.45) is 5.92 Å². The van der Waals surface area contributed by atoms with Crippen molar-refractivity contribution in [2.45, 2.75) is 19.4 Å². The van der Waals surface area contributed by atoms with Gasteiger partial charge < -0.3 is 20.2 Å². The minimum Gasteiger partial charge on any atom is -0.481 e. The molecule has 0 saturated carbocycles. The highest BCUT2D eigenvalue weighted by Gasteiger charge is 2.26. The van der Waals surface area contributed by atoms with Gasteiger partial charge in [0.1, 0.15) is 5.82 Å². The Kier molecular flexibility index (Phi) is 5.88. The zero-order chi connectivity index (χ0) is 17.9. The topological polar surface area (TPSA) is 72.9 Å². The van der Waals surface area contributed by atoms with E-state index in [2.05, 4.69) is 5.32 Å². The van der Waals surface area contributed by atoms with Crippen molar-refractivity contribution in [1.82, 2.24) is 10.2 Å². The zero-order valence-corrected chi connectivity index (χ0v) is 14.4. The van der Waals surface area contributed by atoms with Crippen LogP contribution >= 0.6 is 11.6 Å². The number of carboxylic acids is 1. The fraction of sp³-hybridized carbons (Fsp3) is 0.500. The summed E-state index contributed by atoms with van der Waals surface area (Å²) in [5.74, 6) is -2.03. The molecule has 0 aromatic heterocycles. The first kappa shape index (κ1) is 18.3. The van der Waals surface area contributed by atoms with Gasteiger partial charge in [0.15, 0.2) is 0 Å². The van der Waals surface area contributed by atoms with Crippen molar-refractivity contribution in [3.8, 4) is 0 Å². The molecule has 1 aliphatic heterocycles. The number of anilines is 1. The summed E-state index contributed by atoms with van der Waals surface area (Å²) in [6.45, 7) is 2.95. The molecule has 6 nitrogen and oxygen atoms in total. The highest BCUT2D eigenvalue weighted by Crippen LogP contribution is 2.25. The van der Waals surface area contributed by atoms with Crippen molar-refractivity contribution in [2.75, 3.05) is 31.6 Å². The maximum absolute atomic E-state index is 13.5. The van der Waals surface area contributed by atoms with Crippen molar-refractivity contribution < 1.29 is 19.1 Å². The lowest BCUT2D eigenvalue weighted by atomic mass is 10.2. The summed E-state index contributed by atoms with van der Waals surface area (Å²) in [5.41, 5.74) is 0.724. The SMILES string of the molecule is CC(CN(C)C(=O)NC1CCN(c2ccc(Cl)c(F)c2)C1)C(=O)O. The molecule has 1 aromatic carbocycles. The number of benzene rings is 1. The Labute approximate surface area is 145 Å². The van der Waals surface area contributed by atoms with E-state index < -0.39 is 17.7 Å². The van der Waals surface area contributed by atoms with E-state index in [4.69, 9.17) is 16.7 Å². The Balaban J connectivity index is 1.88. The van der Waals surface area contributed by atoms with Crippen LogP contribution in [0.3, 0.4) is 0 Å². The van der Waals surface area contributed by atoms with E-state index in [0.29, 0.717) is 13.1 Å². The van der Waals surface area contributed by atoms with Gasteiger partial charge in [-0.05, 0) is 24.6 Å². The van der Waals surface area contributed by atoms with Crippen LogP contribution in [0.4, 0.5) is 14.9 Å². The fourth-order valence-electron chi connectivity index (χ4n) is 2.65. The van der Waals surface area contributed by atoms with Crippen molar-refractivity contribution in [1.29, 1.82) is 0 Å². The number of hydrogen-bond donors (Lipinski definition) is 2. The number of nitrogens with one attached hydrogen (secondary N) is 1. The van der Waals surface area contributed by atoms with Gasteiger partial charge in [0, 0.05) is 38.4 Å². The highest BCUT2D eigenvalue weighted by atomic mass is 35.5. The van der Waals surface area contributed by atoms with Crippen LogP contribution in [0.15, 0.2) is 18.2 Å². The third-order valence-electron chi connectivity index (χ3n) is 4.10. The lowest BCUT2D eigenvalue weighted by molar-refractivity contribution is -0.141. The summed E-state index contributed by atoms with van der Waals surface area (Å²) in [4.78, 5) is 26.3. The van der Waals surface area contributed by atoms with Crippen LogP contribution in [-0.4, -0.2) is 54.7 Å². The van der Waals surface area contributed by atoms with E-state index in [9.17, 15) is 14.0 Å². The minimum atomic E-state index is -0.938. The number of nitrogens with zero attached hydrogens (tertiary/aromatic N) is 2. The van der Waals surface area contributed by atoms with Crippen LogP contribution < -0.4 is 10.2 Å². The maximum Gasteiger partial charge on any atom is 0.317 e. The molecule has 132 valence electrons. The number of halogens is 2. The second kappa shape index (κ2) is 7.70. The van der Waals surface area contributed by atoms with E-state index >= 15 is 0 Å². The second-order valence-corrected chi connectivity index (χ2v) is 6.51. The molecule has 2 unspecified atom stereocenters. The molecule has 1 heterocycles. The van der Waals surface area contributed by atoms with Crippen LogP contribution in [-0.2, 0) is 4.79 Å². The molecule has 2 rings (SSSR count). The van der Waals surface area contributed by atoms with Gasteiger partial charge in [0.25, 0.3) is 0 Å². The Morgan fingerprint density at radius 1 is 1.54 bits per heavy atom. The van der Waals surface area contributed by atoms with E-state index in [1.807, 2.05) is 4.90 Å². The third kappa shape index (κ3) is 4.50. The van der Waals surface area contributed by atoms with Gasteiger partial charge >= 0.3 is 12.0 Å². The lowest BCUT2D eigenvalue weighted by Gasteiger charge is -2.23. The number of amides is 2. The van der Waals surface area contributed by atoms with E-state index in [1.165, 1.54) is 17.0 Å². The molecule has 1 saturated heterocycles. The third-order valence-corrected chi connectivity index (χ3v) is 4.41. The monoisotopic (exact) mass is 357 g/mol. The minimum absolute atomic E-state index is 0.0705. The van der Waals surface area contributed by atoms with Gasteiger partial charge in [-0.3, -0.25) is 4.79 Å². The fourth-order valence-corrected chi connectivity index (χ4v) is 2.77. The van der Waals surface area contributed by atoms with Crippen molar-refractivity contribution >= 4 is 29.3 Å². The molecule has 2 atom stereocenters. The predicted octanol–water partition coefficient (Wildman–Crippen LogP) is 2.42. The first-order chi connectivity index (χ1) is 11.3. The normalized spacial score (nSPS) is 18.3. The lowest BCUT2D eigenvalue weighted by Crippen LogP contribution is -2.46. The standard InChI is InChI=1S/C16H21ClFN3O3/c1-10(15(22)23)8-20(2)16(24)19-11-5-6-21(9-11)12-3-4-13(17)14(18)7-12/h3-4,7,10-11H,5-6,8-9H2,1-2H3,(H,19,24)(H,22,23). The average Bonchev–Trinajstić information content (AvgIpc) is 2.98. The summed E-state index contributed by atoms with van der Waals surface area (Å²) < 4.78 is 13.5. The quantitative estimate of drug-likeness (QED) is 0.848. The average molecular weight is 358 g/mol. The largest absolute Gasteiger partial charge is 0.481 e. The number of rotatable bonds is 5. The van der Waals surface area contributed by atoms with Gasteiger partial charge in [0.2, 0.25) is 0 Å². The second-order valence-electron chi connectivity index (χ2n) is 6.10. The molecule has 0 spiro atoms. The molecule has 0 bridgehead atoms. The summed E-state index contributed by atoms with van der Waals surface area (Å²) in [5, 5.41) is 11.9. The van der Waals surface area contributed by atoms with E-state index in [1.54, 1.807) is 20.0 Å². The molecule has 0 aliphatic carbocycles. The Morgan fingerprint density at radius 2 is 2.25 bits per heavy atom. The van der Waals surface area contributed by atoms with E-state index in [0.717, 1.165) is 12.1 Å². The van der Waals surface area contributed by atoms with Crippen molar-refractivity contribution in [3.05, 3.63) is 29.0 Å². The summed E-state index contributed by atoms with van der Waals surface area (Å²) in [6, 6.07) is 4.26. The maximum atomic E-state index is 13.5. The molecule has 1 aliphatic rings. The number of aliphatic carboxylic acids is 1. The number of urea groups is 1. The summed E-state index contributed by atoms with van der Waals surface area (Å²) >= 11 is 5.69. The molecule has 2 amide bonds. The Bertz CT molecular complexity index is 629. The molecule has 0 radical (unpaired) electrons. The van der Waals surface area contributed by atoms with Gasteiger partial charge in [0.05, 0.1) is 10.9 Å². The molecular weight excluding hydrogens is 337 g/mol. The van der Waals surface area contributed by atoms with Gasteiger partial charge in [-0.2, -0.15) is 0 Å². The Morgan fingerprint density at radius 3 is 2.88 bits per heavy atom.